The van der Waals surface area contributed by atoms with E-state index in [0.717, 1.165) is 29.6 Å². The molecule has 2 unspecified atom stereocenters. The normalized spacial score (nSPS) is 21.4. The lowest BCUT2D eigenvalue weighted by Gasteiger charge is -2.33. The third-order valence-electron chi connectivity index (χ3n) is 3.66. The van der Waals surface area contributed by atoms with Crippen LogP contribution in [0.3, 0.4) is 0 Å². The molecule has 1 heterocycles. The van der Waals surface area contributed by atoms with Gasteiger partial charge in [0.1, 0.15) is 11.9 Å². The zero-order chi connectivity index (χ0) is 14.4. The third kappa shape index (κ3) is 4.40. The summed E-state index contributed by atoms with van der Waals surface area (Å²) in [5.41, 5.74) is 1.31. The lowest BCUT2D eigenvalue weighted by Crippen LogP contribution is -2.33. The summed E-state index contributed by atoms with van der Waals surface area (Å²) in [6.45, 7) is 3.28. The zero-order valence-corrected chi connectivity index (χ0v) is 14.7. The Kier molecular flexibility index (Phi) is 6.72. The zero-order valence-electron chi connectivity index (χ0n) is 12.3. The highest BCUT2D eigenvalue weighted by Gasteiger charge is 2.27. The highest BCUT2D eigenvalue weighted by Crippen LogP contribution is 2.37. The second kappa shape index (κ2) is 8.30. The predicted molar refractivity (Wildman–Crippen MR) is 91.8 cm³/mol. The Morgan fingerprint density at radius 2 is 2.30 bits per heavy atom. The fraction of sp³-hybridized carbons (Fsp3) is 0.625. The standard InChI is InChI=1S/C16H24BrNOS/c1-3-8-18-15-11-13(5-4-9-20-2)19-16-10-12(17)6-7-14(15)16/h6-7,10,13,15,18H,3-5,8-9,11H2,1-2H3. The molecule has 112 valence electrons. The summed E-state index contributed by atoms with van der Waals surface area (Å²) < 4.78 is 7.28. The lowest BCUT2D eigenvalue weighted by atomic mass is 9.94. The first-order valence-electron chi connectivity index (χ1n) is 7.43. The third-order valence-corrected chi connectivity index (χ3v) is 4.85. The van der Waals surface area contributed by atoms with Crippen molar-refractivity contribution in [2.75, 3.05) is 18.6 Å². The molecule has 4 heteroatoms. The van der Waals surface area contributed by atoms with E-state index in [-0.39, 0.29) is 0 Å². The van der Waals surface area contributed by atoms with Gasteiger partial charge >= 0.3 is 0 Å². The van der Waals surface area contributed by atoms with Crippen LogP contribution in [0.4, 0.5) is 0 Å². The SMILES string of the molecule is CCCNC1CC(CCCSC)Oc2cc(Br)ccc21. The second-order valence-corrected chi connectivity index (χ2v) is 7.20. The summed E-state index contributed by atoms with van der Waals surface area (Å²) in [5.74, 6) is 2.27. The molecule has 0 fully saturated rings. The molecule has 0 saturated heterocycles. The Bertz CT molecular complexity index is 427. The van der Waals surface area contributed by atoms with Crippen LogP contribution in [-0.2, 0) is 0 Å². The van der Waals surface area contributed by atoms with Crippen LogP contribution in [0, 0.1) is 0 Å². The molecule has 0 radical (unpaired) electrons. The first-order chi connectivity index (χ1) is 9.74. The number of benzene rings is 1. The molecule has 0 amide bonds. The average Bonchev–Trinajstić information content (AvgIpc) is 2.44. The van der Waals surface area contributed by atoms with Crippen LogP contribution in [0.1, 0.15) is 44.2 Å². The maximum absolute atomic E-state index is 6.19. The Balaban J connectivity index is 2.07. The molecule has 0 saturated carbocycles. The molecule has 20 heavy (non-hydrogen) atoms. The van der Waals surface area contributed by atoms with Gasteiger partial charge in [-0.2, -0.15) is 11.8 Å². The molecule has 1 aliphatic rings. The van der Waals surface area contributed by atoms with Gasteiger partial charge in [-0.3, -0.25) is 0 Å². The second-order valence-electron chi connectivity index (χ2n) is 5.30. The Morgan fingerprint density at radius 3 is 3.05 bits per heavy atom. The number of nitrogens with one attached hydrogen (secondary N) is 1. The fourth-order valence-corrected chi connectivity index (χ4v) is 3.46. The van der Waals surface area contributed by atoms with Gasteiger partial charge in [-0.05, 0) is 49.9 Å². The molecule has 2 atom stereocenters. The van der Waals surface area contributed by atoms with Gasteiger partial charge in [0.15, 0.2) is 0 Å². The molecule has 0 spiro atoms. The van der Waals surface area contributed by atoms with Gasteiger partial charge in [-0.1, -0.05) is 28.9 Å². The highest BCUT2D eigenvalue weighted by molar-refractivity contribution is 9.10. The van der Waals surface area contributed by atoms with Crippen molar-refractivity contribution in [2.45, 2.75) is 44.8 Å². The van der Waals surface area contributed by atoms with Crippen molar-refractivity contribution in [1.29, 1.82) is 0 Å². The van der Waals surface area contributed by atoms with Crippen molar-refractivity contribution >= 4 is 27.7 Å². The summed E-state index contributed by atoms with van der Waals surface area (Å²) in [6, 6.07) is 6.84. The topological polar surface area (TPSA) is 21.3 Å². The number of ether oxygens (including phenoxy) is 1. The molecule has 1 aliphatic heterocycles. The molecule has 1 aromatic carbocycles. The van der Waals surface area contributed by atoms with Crippen molar-refractivity contribution in [2.24, 2.45) is 0 Å². The Morgan fingerprint density at radius 1 is 1.45 bits per heavy atom. The molecular formula is C16H24BrNOS. The van der Waals surface area contributed by atoms with Gasteiger partial charge in [-0.25, -0.2) is 0 Å². The summed E-state index contributed by atoms with van der Waals surface area (Å²) in [7, 11) is 0. The fourth-order valence-electron chi connectivity index (χ4n) is 2.66. The molecule has 0 aliphatic carbocycles. The van der Waals surface area contributed by atoms with E-state index in [0.29, 0.717) is 12.1 Å². The maximum atomic E-state index is 6.19. The monoisotopic (exact) mass is 357 g/mol. The van der Waals surface area contributed by atoms with Gasteiger partial charge in [0.05, 0.1) is 0 Å². The van der Waals surface area contributed by atoms with Gasteiger partial charge in [0.2, 0.25) is 0 Å². The largest absolute Gasteiger partial charge is 0.490 e. The minimum atomic E-state index is 0.346. The van der Waals surface area contributed by atoms with E-state index in [2.05, 4.69) is 52.6 Å². The Hall–Kier alpha value is -0.190. The number of rotatable bonds is 7. The van der Waals surface area contributed by atoms with Gasteiger partial charge < -0.3 is 10.1 Å². The predicted octanol–water partition coefficient (Wildman–Crippen LogP) is 4.78. The highest BCUT2D eigenvalue weighted by atomic mass is 79.9. The van der Waals surface area contributed by atoms with Gasteiger partial charge in [0.25, 0.3) is 0 Å². The van der Waals surface area contributed by atoms with Crippen molar-refractivity contribution in [3.8, 4) is 5.75 Å². The van der Waals surface area contributed by atoms with Crippen LogP contribution >= 0.6 is 27.7 Å². The Labute approximate surface area is 135 Å². The van der Waals surface area contributed by atoms with Crippen LogP contribution in [-0.4, -0.2) is 24.7 Å². The van der Waals surface area contributed by atoms with Gasteiger partial charge in [-0.15, -0.1) is 0 Å². The van der Waals surface area contributed by atoms with Gasteiger partial charge in [0, 0.05) is 22.5 Å². The van der Waals surface area contributed by atoms with Crippen molar-refractivity contribution in [3.05, 3.63) is 28.2 Å². The van der Waals surface area contributed by atoms with E-state index in [9.17, 15) is 0 Å². The number of halogens is 1. The smallest absolute Gasteiger partial charge is 0.125 e. The number of thioether (sulfide) groups is 1. The van der Waals surface area contributed by atoms with E-state index < -0.39 is 0 Å². The molecular weight excluding hydrogens is 334 g/mol. The quantitative estimate of drug-likeness (QED) is 0.709. The van der Waals surface area contributed by atoms with Crippen LogP contribution in [0.15, 0.2) is 22.7 Å². The van der Waals surface area contributed by atoms with E-state index in [1.54, 1.807) is 0 Å². The molecule has 0 bridgehead atoms. The first-order valence-corrected chi connectivity index (χ1v) is 9.61. The van der Waals surface area contributed by atoms with Crippen LogP contribution < -0.4 is 10.1 Å². The van der Waals surface area contributed by atoms with E-state index >= 15 is 0 Å². The number of hydrogen-bond donors (Lipinski definition) is 1. The molecule has 1 N–H and O–H groups in total. The molecule has 0 aromatic heterocycles. The summed E-state index contributed by atoms with van der Waals surface area (Å²) in [4.78, 5) is 0. The molecule has 2 rings (SSSR count). The van der Waals surface area contributed by atoms with Crippen LogP contribution in [0.2, 0.25) is 0 Å². The van der Waals surface area contributed by atoms with Crippen molar-refractivity contribution in [1.82, 2.24) is 5.32 Å². The van der Waals surface area contributed by atoms with Crippen LogP contribution in [0.5, 0.6) is 5.75 Å². The number of fused-ring (bicyclic) bond motifs is 1. The van der Waals surface area contributed by atoms with Crippen molar-refractivity contribution < 1.29 is 4.74 Å². The number of hydrogen-bond acceptors (Lipinski definition) is 3. The summed E-state index contributed by atoms with van der Waals surface area (Å²) in [5, 5.41) is 3.67. The summed E-state index contributed by atoms with van der Waals surface area (Å²) >= 11 is 5.46. The minimum Gasteiger partial charge on any atom is -0.490 e. The lowest BCUT2D eigenvalue weighted by molar-refractivity contribution is 0.140. The average molecular weight is 358 g/mol. The minimum absolute atomic E-state index is 0.346. The van der Waals surface area contributed by atoms with Crippen LogP contribution in [0.25, 0.3) is 0 Å². The maximum Gasteiger partial charge on any atom is 0.125 e. The molecule has 2 nitrogen and oxygen atoms in total. The molecule has 1 aromatic rings. The van der Waals surface area contributed by atoms with Crippen molar-refractivity contribution in [3.63, 3.8) is 0 Å². The first kappa shape index (κ1) is 16.2. The summed E-state index contributed by atoms with van der Waals surface area (Å²) in [6.07, 6.45) is 7.15. The van der Waals surface area contributed by atoms with E-state index in [4.69, 9.17) is 4.74 Å². The van der Waals surface area contributed by atoms with E-state index in [1.165, 1.54) is 24.2 Å². The van der Waals surface area contributed by atoms with E-state index in [1.807, 2.05) is 11.8 Å².